The topological polar surface area (TPSA) is 129 Å². The number of nitrogens with two attached hydrogens (primary N) is 1. The van der Waals surface area contributed by atoms with Crippen molar-refractivity contribution in [1.29, 1.82) is 0 Å². The second-order valence-corrected chi connectivity index (χ2v) is 4.10. The molecule has 20 heavy (non-hydrogen) atoms. The van der Waals surface area contributed by atoms with Gasteiger partial charge in [0.05, 0.1) is 12.8 Å². The van der Waals surface area contributed by atoms with E-state index in [-0.39, 0.29) is 5.69 Å². The van der Waals surface area contributed by atoms with Crippen LogP contribution in [0.4, 0.5) is 4.79 Å². The standard InChI is InChI=1S/C11H17N5O4/c1-4-5-7-8(10(18)20-3)14-15-16(7)6(2)9(17)13-11(12)19/h6H,4-5H2,1-3H3,(H3,12,13,17,19). The van der Waals surface area contributed by atoms with Gasteiger partial charge >= 0.3 is 12.0 Å². The van der Waals surface area contributed by atoms with E-state index in [1.54, 1.807) is 0 Å². The number of amides is 3. The number of primary amides is 1. The number of methoxy groups -OCH3 is 1. The van der Waals surface area contributed by atoms with Crippen molar-refractivity contribution in [2.24, 2.45) is 5.73 Å². The maximum absolute atomic E-state index is 11.7. The molecule has 9 heteroatoms. The van der Waals surface area contributed by atoms with Crippen molar-refractivity contribution in [2.45, 2.75) is 32.7 Å². The Balaban J connectivity index is 3.11. The van der Waals surface area contributed by atoms with Crippen LogP contribution in [0.15, 0.2) is 0 Å². The number of urea groups is 1. The smallest absolute Gasteiger partial charge is 0.360 e. The number of esters is 1. The van der Waals surface area contributed by atoms with Gasteiger partial charge in [-0.25, -0.2) is 14.3 Å². The second kappa shape index (κ2) is 6.64. The fraction of sp³-hybridized carbons (Fsp3) is 0.545. The molecule has 1 aromatic rings. The molecule has 110 valence electrons. The van der Waals surface area contributed by atoms with Gasteiger partial charge in [0.2, 0.25) is 0 Å². The van der Waals surface area contributed by atoms with Crippen molar-refractivity contribution in [3.8, 4) is 0 Å². The lowest BCUT2D eigenvalue weighted by molar-refractivity contribution is -0.123. The van der Waals surface area contributed by atoms with Crippen LogP contribution in [-0.4, -0.2) is 40.0 Å². The number of aromatic nitrogens is 3. The van der Waals surface area contributed by atoms with Crippen LogP contribution in [0.1, 0.15) is 42.5 Å². The van der Waals surface area contributed by atoms with Gasteiger partial charge in [0.25, 0.3) is 5.91 Å². The summed E-state index contributed by atoms with van der Waals surface area (Å²) in [5.41, 5.74) is 5.43. The highest BCUT2D eigenvalue weighted by atomic mass is 16.5. The van der Waals surface area contributed by atoms with E-state index in [0.717, 1.165) is 6.42 Å². The Hall–Kier alpha value is -2.45. The Bertz CT molecular complexity index is 525. The first-order valence-corrected chi connectivity index (χ1v) is 6.05. The average Bonchev–Trinajstić information content (AvgIpc) is 2.80. The van der Waals surface area contributed by atoms with E-state index in [0.29, 0.717) is 12.1 Å². The van der Waals surface area contributed by atoms with E-state index in [1.165, 1.54) is 18.7 Å². The summed E-state index contributed by atoms with van der Waals surface area (Å²) in [6.07, 6.45) is 1.22. The number of carbonyl (C=O) groups is 3. The molecule has 0 aliphatic carbocycles. The lowest BCUT2D eigenvalue weighted by Crippen LogP contribution is -2.39. The molecule has 0 fully saturated rings. The molecule has 1 rings (SSSR count). The van der Waals surface area contributed by atoms with Crippen LogP contribution in [0.3, 0.4) is 0 Å². The predicted molar refractivity (Wildman–Crippen MR) is 67.8 cm³/mol. The van der Waals surface area contributed by atoms with Crippen molar-refractivity contribution in [3.63, 3.8) is 0 Å². The molecule has 0 saturated carbocycles. The van der Waals surface area contributed by atoms with Gasteiger partial charge in [-0.05, 0) is 13.3 Å². The molecule has 0 aliphatic rings. The fourth-order valence-electron chi connectivity index (χ4n) is 1.69. The van der Waals surface area contributed by atoms with Crippen molar-refractivity contribution >= 4 is 17.9 Å². The van der Waals surface area contributed by atoms with E-state index in [1.807, 2.05) is 12.2 Å². The quantitative estimate of drug-likeness (QED) is 0.718. The normalized spacial score (nSPS) is 11.8. The van der Waals surface area contributed by atoms with E-state index in [9.17, 15) is 14.4 Å². The molecule has 0 saturated heterocycles. The van der Waals surface area contributed by atoms with Crippen LogP contribution in [0.5, 0.6) is 0 Å². The van der Waals surface area contributed by atoms with Crippen LogP contribution in [-0.2, 0) is 16.0 Å². The second-order valence-electron chi connectivity index (χ2n) is 4.10. The SMILES string of the molecule is CCCc1c(C(=O)OC)nnn1C(C)C(=O)NC(N)=O. The number of ether oxygens (including phenoxy) is 1. The zero-order valence-corrected chi connectivity index (χ0v) is 11.5. The zero-order valence-electron chi connectivity index (χ0n) is 11.5. The van der Waals surface area contributed by atoms with E-state index in [4.69, 9.17) is 5.73 Å². The molecular weight excluding hydrogens is 266 g/mol. The van der Waals surface area contributed by atoms with Gasteiger partial charge < -0.3 is 10.5 Å². The highest BCUT2D eigenvalue weighted by molar-refractivity contribution is 5.95. The van der Waals surface area contributed by atoms with Crippen LogP contribution in [0, 0.1) is 0 Å². The number of hydrogen-bond donors (Lipinski definition) is 2. The van der Waals surface area contributed by atoms with Crippen molar-refractivity contribution in [3.05, 3.63) is 11.4 Å². The number of rotatable bonds is 5. The molecule has 1 atom stereocenters. The fourth-order valence-corrected chi connectivity index (χ4v) is 1.69. The molecule has 0 bridgehead atoms. The van der Waals surface area contributed by atoms with Gasteiger partial charge in [0.15, 0.2) is 5.69 Å². The lowest BCUT2D eigenvalue weighted by Gasteiger charge is -2.13. The molecule has 0 aromatic carbocycles. The highest BCUT2D eigenvalue weighted by Gasteiger charge is 2.25. The molecule has 1 unspecified atom stereocenters. The van der Waals surface area contributed by atoms with Gasteiger partial charge in [0.1, 0.15) is 6.04 Å². The molecular formula is C11H17N5O4. The molecule has 3 N–H and O–H groups in total. The van der Waals surface area contributed by atoms with Crippen molar-refractivity contribution in [2.75, 3.05) is 7.11 Å². The van der Waals surface area contributed by atoms with E-state index < -0.39 is 23.9 Å². The monoisotopic (exact) mass is 283 g/mol. The van der Waals surface area contributed by atoms with Crippen LogP contribution in [0.2, 0.25) is 0 Å². The number of imide groups is 1. The van der Waals surface area contributed by atoms with Crippen LogP contribution in [0.25, 0.3) is 0 Å². The molecule has 1 heterocycles. The summed E-state index contributed by atoms with van der Waals surface area (Å²) in [6, 6.07) is -1.78. The first-order valence-electron chi connectivity index (χ1n) is 6.05. The highest BCUT2D eigenvalue weighted by Crippen LogP contribution is 2.15. The number of nitrogens with zero attached hydrogens (tertiary/aromatic N) is 3. The Kier molecular flexibility index (Phi) is 5.18. The van der Waals surface area contributed by atoms with Gasteiger partial charge in [-0.3, -0.25) is 10.1 Å². The maximum Gasteiger partial charge on any atom is 0.360 e. The Morgan fingerprint density at radius 2 is 2.10 bits per heavy atom. The molecule has 1 aromatic heterocycles. The summed E-state index contributed by atoms with van der Waals surface area (Å²) in [5, 5.41) is 9.47. The molecule has 0 radical (unpaired) electrons. The van der Waals surface area contributed by atoms with Gasteiger partial charge in [-0.2, -0.15) is 0 Å². The van der Waals surface area contributed by atoms with E-state index >= 15 is 0 Å². The first-order chi connectivity index (χ1) is 9.42. The summed E-state index contributed by atoms with van der Waals surface area (Å²) in [6.45, 7) is 3.43. The Labute approximate surface area is 115 Å². The summed E-state index contributed by atoms with van der Waals surface area (Å²) in [4.78, 5) is 34.0. The predicted octanol–water partition coefficient (Wildman–Crippen LogP) is -0.227. The number of nitrogens with one attached hydrogen (secondary N) is 1. The Morgan fingerprint density at radius 3 is 2.60 bits per heavy atom. The minimum Gasteiger partial charge on any atom is -0.464 e. The van der Waals surface area contributed by atoms with Gasteiger partial charge in [0, 0.05) is 0 Å². The lowest BCUT2D eigenvalue weighted by atomic mass is 10.2. The first kappa shape index (κ1) is 15.6. The van der Waals surface area contributed by atoms with Gasteiger partial charge in [-0.1, -0.05) is 18.6 Å². The third-order valence-corrected chi connectivity index (χ3v) is 2.65. The molecule has 3 amide bonds. The minimum absolute atomic E-state index is 0.0630. The van der Waals surface area contributed by atoms with Crippen LogP contribution >= 0.6 is 0 Å². The molecule has 0 spiro atoms. The minimum atomic E-state index is -0.952. The van der Waals surface area contributed by atoms with Crippen molar-refractivity contribution < 1.29 is 19.1 Å². The molecule has 9 nitrogen and oxygen atoms in total. The number of hydrogen-bond acceptors (Lipinski definition) is 6. The van der Waals surface area contributed by atoms with Crippen molar-refractivity contribution in [1.82, 2.24) is 20.3 Å². The largest absolute Gasteiger partial charge is 0.464 e. The number of carbonyl (C=O) groups excluding carboxylic acids is 3. The summed E-state index contributed by atoms with van der Waals surface area (Å²) < 4.78 is 5.90. The van der Waals surface area contributed by atoms with Gasteiger partial charge in [-0.15, -0.1) is 5.10 Å². The van der Waals surface area contributed by atoms with E-state index in [2.05, 4.69) is 15.0 Å². The summed E-state index contributed by atoms with van der Waals surface area (Å²) in [5.74, 6) is -1.25. The third kappa shape index (κ3) is 3.31. The molecule has 0 aliphatic heterocycles. The van der Waals surface area contributed by atoms with Crippen LogP contribution < -0.4 is 11.1 Å². The zero-order chi connectivity index (χ0) is 15.3. The third-order valence-electron chi connectivity index (χ3n) is 2.65. The maximum atomic E-state index is 11.7. The Morgan fingerprint density at radius 1 is 1.45 bits per heavy atom. The summed E-state index contributed by atoms with van der Waals surface area (Å²) >= 11 is 0. The average molecular weight is 283 g/mol. The summed E-state index contributed by atoms with van der Waals surface area (Å²) in [7, 11) is 1.24.